The largest absolute Gasteiger partial charge is 0.378 e. The first-order valence-electron chi connectivity index (χ1n) is 8.13. The zero-order valence-electron chi connectivity index (χ0n) is 14.0. The Morgan fingerprint density at radius 2 is 2.24 bits per heavy atom. The van der Waals surface area contributed by atoms with Crippen LogP contribution in [-0.4, -0.2) is 43.7 Å². The van der Waals surface area contributed by atoms with Crippen molar-refractivity contribution in [3.63, 3.8) is 0 Å². The van der Waals surface area contributed by atoms with E-state index in [1.807, 2.05) is 24.3 Å². The number of carbonyl (C=O) groups is 1. The quantitative estimate of drug-likeness (QED) is 0.866. The number of nitrogens with zero attached hydrogens (tertiary/aromatic N) is 2. The molecule has 25 heavy (non-hydrogen) atoms. The van der Waals surface area contributed by atoms with E-state index in [0.29, 0.717) is 29.7 Å². The molecule has 1 amide bonds. The molecule has 5 nitrogen and oxygen atoms in total. The molecule has 0 spiro atoms. The van der Waals surface area contributed by atoms with Crippen LogP contribution in [0.25, 0.3) is 11.3 Å². The first kappa shape index (κ1) is 17.9. The lowest BCUT2D eigenvalue weighted by Crippen LogP contribution is -2.35. The van der Waals surface area contributed by atoms with Crippen LogP contribution in [0, 0.1) is 0 Å². The number of ether oxygens (including phenoxy) is 1. The molecule has 1 saturated heterocycles. The number of carbonyl (C=O) groups excluding carboxylic acids is 1. The molecule has 7 heteroatoms. The van der Waals surface area contributed by atoms with E-state index in [-0.39, 0.29) is 5.91 Å². The van der Waals surface area contributed by atoms with Crippen molar-refractivity contribution in [2.45, 2.75) is 6.92 Å². The fourth-order valence-electron chi connectivity index (χ4n) is 2.57. The molecule has 1 aliphatic rings. The Balaban J connectivity index is 1.88. The topological polar surface area (TPSA) is 54.5 Å². The lowest BCUT2D eigenvalue weighted by Gasteiger charge is -2.28. The second-order valence-electron chi connectivity index (χ2n) is 5.64. The highest BCUT2D eigenvalue weighted by atomic mass is 35.5. The number of thiophene rings is 1. The molecule has 3 heterocycles. The molecule has 1 aliphatic heterocycles. The molecular formula is C18H20ClN3O2S. The average molecular weight is 378 g/mol. The Labute approximate surface area is 156 Å². The standard InChI is InChI=1S/C18H20ClN3O2S/c1-13(19)5-7-21-17(23)16-12-14(15-4-2-3-6-20-15)18(25-16)22-8-10-24-11-9-22/h2-6,12H,7-11H2,1H3,(H,21,23)/b13-5-. The van der Waals surface area contributed by atoms with E-state index >= 15 is 0 Å². The van der Waals surface area contributed by atoms with Crippen LogP contribution in [-0.2, 0) is 4.74 Å². The zero-order valence-corrected chi connectivity index (χ0v) is 15.6. The van der Waals surface area contributed by atoms with Crippen molar-refractivity contribution in [2.24, 2.45) is 0 Å². The molecule has 0 radical (unpaired) electrons. The van der Waals surface area contributed by atoms with Crippen molar-refractivity contribution in [3.05, 3.63) is 46.4 Å². The normalized spacial score (nSPS) is 15.3. The molecule has 0 saturated carbocycles. The van der Waals surface area contributed by atoms with Crippen molar-refractivity contribution in [1.82, 2.24) is 10.3 Å². The minimum Gasteiger partial charge on any atom is -0.378 e. The van der Waals surface area contributed by atoms with Gasteiger partial charge in [-0.1, -0.05) is 23.7 Å². The minimum atomic E-state index is -0.101. The number of pyridine rings is 1. The third kappa shape index (κ3) is 4.60. The number of nitrogens with one attached hydrogen (secondary N) is 1. The number of hydrogen-bond donors (Lipinski definition) is 1. The number of amides is 1. The molecule has 2 aromatic rings. The Bertz CT molecular complexity index is 751. The summed E-state index contributed by atoms with van der Waals surface area (Å²) in [5.74, 6) is -0.101. The molecule has 0 aliphatic carbocycles. The Hall–Kier alpha value is -1.89. The summed E-state index contributed by atoms with van der Waals surface area (Å²) in [6.45, 7) is 5.22. The summed E-state index contributed by atoms with van der Waals surface area (Å²) in [5, 5.41) is 4.60. The maximum atomic E-state index is 12.5. The van der Waals surface area contributed by atoms with Gasteiger partial charge in [-0.3, -0.25) is 9.78 Å². The maximum Gasteiger partial charge on any atom is 0.261 e. The number of rotatable bonds is 5. The van der Waals surface area contributed by atoms with E-state index in [2.05, 4.69) is 15.2 Å². The van der Waals surface area contributed by atoms with Crippen LogP contribution < -0.4 is 10.2 Å². The van der Waals surface area contributed by atoms with E-state index in [9.17, 15) is 4.79 Å². The molecule has 132 valence electrons. The van der Waals surface area contributed by atoms with Crippen LogP contribution in [0.15, 0.2) is 41.6 Å². The van der Waals surface area contributed by atoms with Gasteiger partial charge in [0.1, 0.15) is 5.00 Å². The molecule has 3 rings (SSSR count). The van der Waals surface area contributed by atoms with Crippen LogP contribution >= 0.6 is 22.9 Å². The van der Waals surface area contributed by atoms with Gasteiger partial charge in [-0.2, -0.15) is 0 Å². The molecular weight excluding hydrogens is 358 g/mol. The van der Waals surface area contributed by atoms with Crippen molar-refractivity contribution < 1.29 is 9.53 Å². The maximum absolute atomic E-state index is 12.5. The van der Waals surface area contributed by atoms with E-state index in [1.54, 1.807) is 19.2 Å². The van der Waals surface area contributed by atoms with Gasteiger partial charge in [-0.25, -0.2) is 0 Å². The van der Waals surface area contributed by atoms with Gasteiger partial charge in [0.25, 0.3) is 5.91 Å². The monoisotopic (exact) mass is 377 g/mol. The van der Waals surface area contributed by atoms with Crippen molar-refractivity contribution >= 4 is 33.8 Å². The minimum absolute atomic E-state index is 0.101. The van der Waals surface area contributed by atoms with Gasteiger partial charge in [0.2, 0.25) is 0 Å². The van der Waals surface area contributed by atoms with Gasteiger partial charge in [-0.05, 0) is 25.1 Å². The second kappa shape index (κ2) is 8.47. The average Bonchev–Trinajstić information content (AvgIpc) is 3.08. The molecule has 2 aromatic heterocycles. The van der Waals surface area contributed by atoms with Crippen molar-refractivity contribution in [2.75, 3.05) is 37.7 Å². The second-order valence-corrected chi connectivity index (χ2v) is 7.27. The van der Waals surface area contributed by atoms with Gasteiger partial charge in [-0.15, -0.1) is 11.3 Å². The highest BCUT2D eigenvalue weighted by molar-refractivity contribution is 7.18. The third-order valence-electron chi connectivity index (χ3n) is 3.82. The zero-order chi connectivity index (χ0) is 17.6. The summed E-state index contributed by atoms with van der Waals surface area (Å²) >= 11 is 7.30. The third-order valence-corrected chi connectivity index (χ3v) is 5.17. The first-order chi connectivity index (χ1) is 12.1. The van der Waals surface area contributed by atoms with Crippen molar-refractivity contribution in [1.29, 1.82) is 0 Å². The first-order valence-corrected chi connectivity index (χ1v) is 9.33. The number of anilines is 1. The Kier molecular flexibility index (Phi) is 6.07. The number of morpholine rings is 1. The van der Waals surface area contributed by atoms with E-state index in [0.717, 1.165) is 29.3 Å². The van der Waals surface area contributed by atoms with Crippen LogP contribution in [0.2, 0.25) is 0 Å². The van der Waals surface area contributed by atoms with Crippen LogP contribution in [0.1, 0.15) is 16.6 Å². The lowest BCUT2D eigenvalue weighted by atomic mass is 10.2. The molecule has 0 unspecified atom stereocenters. The summed E-state index contributed by atoms with van der Waals surface area (Å²) in [6, 6.07) is 7.73. The SMILES string of the molecule is C/C(Cl)=C/CNC(=O)c1cc(-c2ccccn2)c(N2CCOCC2)s1. The molecule has 1 fully saturated rings. The van der Waals surface area contributed by atoms with E-state index in [4.69, 9.17) is 16.3 Å². The lowest BCUT2D eigenvalue weighted by molar-refractivity contribution is 0.0962. The predicted octanol–water partition coefficient (Wildman–Crippen LogP) is 3.52. The number of hydrogen-bond acceptors (Lipinski definition) is 5. The Morgan fingerprint density at radius 3 is 2.92 bits per heavy atom. The van der Waals surface area contributed by atoms with Crippen molar-refractivity contribution in [3.8, 4) is 11.3 Å². The number of aromatic nitrogens is 1. The predicted molar refractivity (Wildman–Crippen MR) is 103 cm³/mol. The fraction of sp³-hybridized carbons (Fsp3) is 0.333. The molecule has 0 aromatic carbocycles. The van der Waals surface area contributed by atoms with Gasteiger partial charge in [0.15, 0.2) is 0 Å². The van der Waals surface area contributed by atoms with E-state index in [1.165, 1.54) is 11.3 Å². The summed E-state index contributed by atoms with van der Waals surface area (Å²) in [7, 11) is 0. The van der Waals surface area contributed by atoms with Crippen LogP contribution in [0.4, 0.5) is 5.00 Å². The van der Waals surface area contributed by atoms with Crippen LogP contribution in [0.3, 0.4) is 0 Å². The van der Waals surface area contributed by atoms with Gasteiger partial charge in [0.05, 0.1) is 23.8 Å². The fourth-order valence-corrected chi connectivity index (χ4v) is 3.78. The Morgan fingerprint density at radius 1 is 1.44 bits per heavy atom. The summed E-state index contributed by atoms with van der Waals surface area (Å²) in [6.07, 6.45) is 3.54. The van der Waals surface area contributed by atoms with Crippen LogP contribution in [0.5, 0.6) is 0 Å². The van der Waals surface area contributed by atoms with Gasteiger partial charge >= 0.3 is 0 Å². The highest BCUT2D eigenvalue weighted by Crippen LogP contribution is 2.38. The molecule has 0 bridgehead atoms. The molecule has 1 N–H and O–H groups in total. The summed E-state index contributed by atoms with van der Waals surface area (Å²) in [5.41, 5.74) is 1.86. The number of halogens is 1. The summed E-state index contributed by atoms with van der Waals surface area (Å²) < 4.78 is 5.45. The highest BCUT2D eigenvalue weighted by Gasteiger charge is 2.22. The summed E-state index contributed by atoms with van der Waals surface area (Å²) in [4.78, 5) is 19.9. The smallest absolute Gasteiger partial charge is 0.261 e. The molecule has 0 atom stereocenters. The van der Waals surface area contributed by atoms with E-state index < -0.39 is 0 Å². The number of allylic oxidation sites excluding steroid dienone is 1. The van der Waals surface area contributed by atoms with Gasteiger partial charge < -0.3 is 15.0 Å². The van der Waals surface area contributed by atoms with Gasteiger partial charge in [0, 0.05) is 36.4 Å².